The molecule has 2 N–H and O–H groups in total. The quantitative estimate of drug-likeness (QED) is 0.191. The van der Waals surface area contributed by atoms with Gasteiger partial charge in [-0.1, -0.05) is 81.4 Å². The van der Waals surface area contributed by atoms with E-state index in [2.05, 4.69) is 38.6 Å². The monoisotopic (exact) mass is 556 g/mol. The smallest absolute Gasteiger partial charge is 0.269 e. The molecule has 0 unspecified atom stereocenters. The number of hydrogen-bond acceptors (Lipinski definition) is 6. The number of nitro groups is 1. The summed E-state index contributed by atoms with van der Waals surface area (Å²) in [6, 6.07) is 21.3. The van der Waals surface area contributed by atoms with E-state index in [1.165, 1.54) is 12.1 Å². The highest BCUT2D eigenvalue weighted by atomic mass is 32.2. The van der Waals surface area contributed by atoms with Gasteiger partial charge in [0.05, 0.1) is 22.0 Å². The zero-order valence-corrected chi connectivity index (χ0v) is 24.4. The summed E-state index contributed by atoms with van der Waals surface area (Å²) in [6.07, 6.45) is -0.755. The second-order valence-corrected chi connectivity index (χ2v) is 17.4. The van der Waals surface area contributed by atoms with Gasteiger partial charge in [0.15, 0.2) is 8.32 Å². The lowest BCUT2D eigenvalue weighted by atomic mass is 9.78. The zero-order chi connectivity index (χ0) is 28.4. The number of benzene rings is 3. The number of sulfonamides is 1. The van der Waals surface area contributed by atoms with Crippen LogP contribution >= 0.6 is 0 Å². The lowest BCUT2D eigenvalue weighted by Crippen LogP contribution is -2.59. The fourth-order valence-electron chi connectivity index (χ4n) is 4.12. The van der Waals surface area contributed by atoms with Crippen LogP contribution in [0, 0.1) is 10.1 Å². The average Bonchev–Trinajstić information content (AvgIpc) is 2.87. The third-order valence-electron chi connectivity index (χ3n) is 7.27. The Morgan fingerprint density at radius 3 is 1.74 bits per heavy atom. The van der Waals surface area contributed by atoms with Crippen LogP contribution in [0.25, 0.3) is 0 Å². The van der Waals surface area contributed by atoms with E-state index in [4.69, 9.17) is 4.43 Å². The summed E-state index contributed by atoms with van der Waals surface area (Å²) >= 11 is 0. The van der Waals surface area contributed by atoms with Gasteiger partial charge in [0, 0.05) is 12.1 Å². The third kappa shape index (κ3) is 6.21. The number of nitrogens with zero attached hydrogens (tertiary/aromatic N) is 1. The first-order chi connectivity index (χ1) is 17.6. The fourth-order valence-corrected chi connectivity index (χ4v) is 6.87. The lowest BCUT2D eigenvalue weighted by molar-refractivity contribution is -0.384. The summed E-state index contributed by atoms with van der Waals surface area (Å²) in [5.41, 5.74) is -1.04. The molecule has 3 aromatic carbocycles. The van der Waals surface area contributed by atoms with Crippen molar-refractivity contribution in [2.75, 3.05) is 0 Å². The molecule has 0 aromatic heterocycles. The number of hydrogen-bond donors (Lipinski definition) is 2. The van der Waals surface area contributed by atoms with Crippen molar-refractivity contribution >= 4 is 24.0 Å². The highest BCUT2D eigenvalue weighted by molar-refractivity contribution is 7.89. The largest absolute Gasteiger partial charge is 0.412 e. The van der Waals surface area contributed by atoms with Crippen molar-refractivity contribution in [3.8, 4) is 0 Å². The average molecular weight is 557 g/mol. The summed E-state index contributed by atoms with van der Waals surface area (Å²) in [4.78, 5) is 10.3. The van der Waals surface area contributed by atoms with Gasteiger partial charge < -0.3 is 9.53 Å². The molecule has 0 saturated heterocycles. The Morgan fingerprint density at radius 2 is 1.34 bits per heavy atom. The lowest BCUT2D eigenvalue weighted by Gasteiger charge is -2.45. The zero-order valence-electron chi connectivity index (χ0n) is 22.6. The first-order valence-corrected chi connectivity index (χ1v) is 16.8. The number of nitrogens with one attached hydrogen (secondary N) is 1. The fraction of sp³-hybridized carbons (Fsp3) is 0.357. The van der Waals surface area contributed by atoms with E-state index in [1.807, 2.05) is 12.1 Å². The van der Waals surface area contributed by atoms with E-state index in [9.17, 15) is 23.6 Å². The molecular weight excluding hydrogens is 520 g/mol. The molecule has 0 bridgehead atoms. The van der Waals surface area contributed by atoms with Crippen molar-refractivity contribution in [3.63, 3.8) is 0 Å². The van der Waals surface area contributed by atoms with Crippen molar-refractivity contribution < 1.29 is 22.9 Å². The highest BCUT2D eigenvalue weighted by Gasteiger charge is 2.48. The Hall–Kier alpha value is -2.89. The van der Waals surface area contributed by atoms with Crippen LogP contribution in [0.1, 0.15) is 38.8 Å². The molecule has 8 nitrogen and oxygen atoms in total. The standard InChI is InChI=1S/C28H36N2O6SSi/c1-21(36-38(5,6)27(2,3)4)26(29-37(34,35)25-19-17-24(18-20-25)30(32)33)28(31,22-13-9-7-10-14-22)23-15-11-8-12-16-23/h7-21,26,29,31H,1-6H3/t21-,26+/m1/s1. The second kappa shape index (κ2) is 11.1. The second-order valence-electron chi connectivity index (χ2n) is 10.9. The maximum absolute atomic E-state index is 13.7. The van der Waals surface area contributed by atoms with Crippen molar-refractivity contribution in [1.82, 2.24) is 4.72 Å². The van der Waals surface area contributed by atoms with Gasteiger partial charge in [0.25, 0.3) is 5.69 Å². The molecule has 2 atom stereocenters. The Morgan fingerprint density at radius 1 is 0.895 bits per heavy atom. The summed E-state index contributed by atoms with van der Waals surface area (Å²) < 4.78 is 36.7. The van der Waals surface area contributed by atoms with E-state index < -0.39 is 41.0 Å². The van der Waals surface area contributed by atoms with Crippen LogP contribution < -0.4 is 4.72 Å². The maximum Gasteiger partial charge on any atom is 0.269 e. The van der Waals surface area contributed by atoms with Crippen LogP contribution in [0.2, 0.25) is 18.1 Å². The summed E-state index contributed by atoms with van der Waals surface area (Å²) in [5.74, 6) is 0. The van der Waals surface area contributed by atoms with Crippen LogP contribution in [0.15, 0.2) is 89.8 Å². The van der Waals surface area contributed by atoms with Gasteiger partial charge in [-0.05, 0) is 48.3 Å². The van der Waals surface area contributed by atoms with Gasteiger partial charge in [-0.15, -0.1) is 0 Å². The maximum atomic E-state index is 13.7. The molecule has 0 spiro atoms. The Labute approximate surface area is 226 Å². The van der Waals surface area contributed by atoms with E-state index in [0.717, 1.165) is 12.1 Å². The molecule has 0 saturated carbocycles. The predicted molar refractivity (Wildman–Crippen MR) is 151 cm³/mol. The number of non-ortho nitro benzene ring substituents is 1. The van der Waals surface area contributed by atoms with Gasteiger partial charge in [0.2, 0.25) is 10.0 Å². The van der Waals surface area contributed by atoms with Gasteiger partial charge in [0.1, 0.15) is 5.60 Å². The van der Waals surface area contributed by atoms with Gasteiger partial charge in [-0.25, -0.2) is 13.1 Å². The minimum Gasteiger partial charge on any atom is -0.412 e. The summed E-state index contributed by atoms with van der Waals surface area (Å²) in [6.45, 7) is 12.2. The Balaban J connectivity index is 2.19. The van der Waals surface area contributed by atoms with Crippen molar-refractivity contribution in [2.45, 2.75) is 68.5 Å². The number of rotatable bonds is 10. The SMILES string of the molecule is C[C@@H](O[Si](C)(C)C(C)(C)C)[C@H](NS(=O)(=O)c1ccc([N+](=O)[O-])cc1)C(O)(c1ccccc1)c1ccccc1. The van der Waals surface area contributed by atoms with Crippen LogP contribution in [0.5, 0.6) is 0 Å². The minimum atomic E-state index is -4.23. The minimum absolute atomic E-state index is 0.156. The van der Waals surface area contributed by atoms with Crippen LogP contribution in [0.3, 0.4) is 0 Å². The van der Waals surface area contributed by atoms with Crippen molar-refractivity contribution in [3.05, 3.63) is 106 Å². The van der Waals surface area contributed by atoms with Crippen LogP contribution in [0.4, 0.5) is 5.69 Å². The van der Waals surface area contributed by atoms with Crippen molar-refractivity contribution in [1.29, 1.82) is 0 Å². The molecule has 3 aromatic rings. The molecule has 38 heavy (non-hydrogen) atoms. The molecule has 0 aliphatic carbocycles. The van der Waals surface area contributed by atoms with Crippen LogP contribution in [-0.4, -0.2) is 38.9 Å². The topological polar surface area (TPSA) is 119 Å². The first kappa shape index (κ1) is 29.7. The van der Waals surface area contributed by atoms with E-state index in [0.29, 0.717) is 11.1 Å². The number of aliphatic hydroxyl groups is 1. The summed E-state index contributed by atoms with van der Waals surface area (Å²) in [7, 11) is -6.64. The summed E-state index contributed by atoms with van der Waals surface area (Å²) in [5, 5.41) is 23.4. The first-order valence-electron chi connectivity index (χ1n) is 12.4. The molecule has 0 fully saturated rings. The molecule has 0 amide bonds. The van der Waals surface area contributed by atoms with Crippen molar-refractivity contribution in [2.24, 2.45) is 0 Å². The molecule has 204 valence electrons. The predicted octanol–water partition coefficient (Wildman–Crippen LogP) is 5.59. The molecule has 10 heteroatoms. The highest BCUT2D eigenvalue weighted by Crippen LogP contribution is 2.41. The normalized spacial score (nSPS) is 14.6. The van der Waals surface area contributed by atoms with Gasteiger partial charge in [-0.2, -0.15) is 0 Å². The van der Waals surface area contributed by atoms with Crippen LogP contribution in [-0.2, 0) is 20.1 Å². The van der Waals surface area contributed by atoms with E-state index in [1.54, 1.807) is 55.5 Å². The molecule has 0 aliphatic heterocycles. The van der Waals surface area contributed by atoms with E-state index >= 15 is 0 Å². The molecule has 0 radical (unpaired) electrons. The number of nitro benzene ring substituents is 1. The van der Waals surface area contributed by atoms with Gasteiger partial charge in [-0.3, -0.25) is 10.1 Å². The molecule has 3 rings (SSSR count). The molecule has 0 aliphatic rings. The third-order valence-corrected chi connectivity index (χ3v) is 13.3. The molecular formula is C28H36N2O6SSi. The molecule has 0 heterocycles. The Kier molecular flexibility index (Phi) is 8.64. The van der Waals surface area contributed by atoms with E-state index in [-0.39, 0.29) is 15.6 Å². The van der Waals surface area contributed by atoms with Gasteiger partial charge >= 0.3 is 0 Å². The Bertz CT molecular complexity index is 1300.